The zero-order valence-electron chi connectivity index (χ0n) is 24.4. The summed E-state index contributed by atoms with van der Waals surface area (Å²) in [6, 6.07) is 52.2. The van der Waals surface area contributed by atoms with Gasteiger partial charge in [0.25, 0.3) is 0 Å². The van der Waals surface area contributed by atoms with E-state index in [2.05, 4.69) is 121 Å². The van der Waals surface area contributed by atoms with Crippen molar-refractivity contribution < 1.29 is 8.83 Å². The molecular formula is C43H26O2. The van der Waals surface area contributed by atoms with Crippen molar-refractivity contribution >= 4 is 43.9 Å². The minimum absolute atomic E-state index is 0.924. The molecule has 45 heavy (non-hydrogen) atoms. The van der Waals surface area contributed by atoms with Crippen molar-refractivity contribution in [3.63, 3.8) is 0 Å². The Balaban J connectivity index is 1.02. The van der Waals surface area contributed by atoms with Gasteiger partial charge < -0.3 is 8.83 Å². The molecule has 2 aromatic heterocycles. The Morgan fingerprint density at radius 3 is 1.64 bits per heavy atom. The molecule has 7 aromatic carbocycles. The highest BCUT2D eigenvalue weighted by molar-refractivity contribution is 6.12. The van der Waals surface area contributed by atoms with Crippen LogP contribution in [0.4, 0.5) is 0 Å². The van der Waals surface area contributed by atoms with Crippen molar-refractivity contribution in [2.45, 2.75) is 6.42 Å². The average Bonchev–Trinajstić information content (AvgIpc) is 3.78. The van der Waals surface area contributed by atoms with Crippen LogP contribution in [-0.4, -0.2) is 0 Å². The molecule has 0 aliphatic heterocycles. The summed E-state index contributed by atoms with van der Waals surface area (Å²) < 4.78 is 12.2. The molecule has 10 rings (SSSR count). The highest BCUT2D eigenvalue weighted by Gasteiger charge is 2.21. The fraction of sp³-hybridized carbons (Fsp3) is 0.0233. The molecule has 0 spiro atoms. The van der Waals surface area contributed by atoms with Crippen LogP contribution in [0.15, 0.2) is 154 Å². The Morgan fingerprint density at radius 2 is 0.867 bits per heavy atom. The van der Waals surface area contributed by atoms with Gasteiger partial charge in [0, 0.05) is 21.5 Å². The van der Waals surface area contributed by atoms with Crippen LogP contribution in [0.25, 0.3) is 88.4 Å². The Kier molecular flexibility index (Phi) is 5.09. The van der Waals surface area contributed by atoms with Crippen LogP contribution in [-0.2, 0) is 6.42 Å². The van der Waals surface area contributed by atoms with Gasteiger partial charge in [-0.25, -0.2) is 0 Å². The molecule has 0 N–H and O–H groups in total. The zero-order chi connectivity index (χ0) is 29.5. The second-order valence-electron chi connectivity index (χ2n) is 12.1. The quantitative estimate of drug-likeness (QED) is 0.210. The van der Waals surface area contributed by atoms with Gasteiger partial charge in [-0.3, -0.25) is 0 Å². The minimum Gasteiger partial charge on any atom is -0.456 e. The molecule has 210 valence electrons. The molecule has 1 aliphatic rings. The van der Waals surface area contributed by atoms with E-state index in [4.69, 9.17) is 8.83 Å². The lowest BCUT2D eigenvalue weighted by molar-refractivity contribution is 0.668. The molecule has 0 amide bonds. The fourth-order valence-electron chi connectivity index (χ4n) is 7.29. The average molecular weight is 575 g/mol. The lowest BCUT2D eigenvalue weighted by Gasteiger charge is -2.10. The second kappa shape index (κ2) is 9.32. The molecular weight excluding hydrogens is 548 g/mol. The number of hydrogen-bond acceptors (Lipinski definition) is 2. The van der Waals surface area contributed by atoms with Crippen LogP contribution in [0.3, 0.4) is 0 Å². The number of benzene rings is 7. The number of hydrogen-bond donors (Lipinski definition) is 0. The molecule has 2 nitrogen and oxygen atoms in total. The van der Waals surface area contributed by atoms with Crippen LogP contribution in [0.5, 0.6) is 0 Å². The molecule has 9 aromatic rings. The first-order chi connectivity index (χ1) is 22.3. The maximum absolute atomic E-state index is 6.19. The SMILES string of the molecule is c1ccc2c(c1)oc1ccc(-c3ccc(-c4ccc5c(c4)-c4cc(-c6cccc7oc8ccccc8c67)ccc4C5)cc3)cc12. The van der Waals surface area contributed by atoms with E-state index in [9.17, 15) is 0 Å². The summed E-state index contributed by atoms with van der Waals surface area (Å²) in [6.07, 6.45) is 0.966. The summed E-state index contributed by atoms with van der Waals surface area (Å²) in [6.45, 7) is 0. The molecule has 0 saturated carbocycles. The van der Waals surface area contributed by atoms with E-state index in [0.717, 1.165) is 44.9 Å². The molecule has 2 heteroatoms. The maximum Gasteiger partial charge on any atom is 0.136 e. The molecule has 0 fully saturated rings. The van der Waals surface area contributed by atoms with Crippen LogP contribution < -0.4 is 0 Å². The van der Waals surface area contributed by atoms with Crippen molar-refractivity contribution in [1.82, 2.24) is 0 Å². The van der Waals surface area contributed by atoms with Gasteiger partial charge in [0.2, 0.25) is 0 Å². The summed E-state index contributed by atoms with van der Waals surface area (Å²) in [5.41, 5.74) is 16.4. The van der Waals surface area contributed by atoms with Crippen molar-refractivity contribution in [2.75, 3.05) is 0 Å². The van der Waals surface area contributed by atoms with Gasteiger partial charge in [0.15, 0.2) is 0 Å². The van der Waals surface area contributed by atoms with Gasteiger partial charge in [0.1, 0.15) is 22.3 Å². The molecule has 0 atom stereocenters. The molecule has 0 saturated heterocycles. The van der Waals surface area contributed by atoms with Gasteiger partial charge in [-0.05, 0) is 105 Å². The Bertz CT molecular complexity index is 2610. The van der Waals surface area contributed by atoms with Crippen molar-refractivity contribution in [2.24, 2.45) is 0 Å². The molecule has 0 bridgehead atoms. The van der Waals surface area contributed by atoms with E-state index in [1.807, 2.05) is 24.3 Å². The number of rotatable bonds is 3. The van der Waals surface area contributed by atoms with Gasteiger partial charge >= 0.3 is 0 Å². The topological polar surface area (TPSA) is 26.3 Å². The second-order valence-corrected chi connectivity index (χ2v) is 12.1. The lowest BCUT2D eigenvalue weighted by Crippen LogP contribution is -1.85. The third kappa shape index (κ3) is 3.76. The van der Waals surface area contributed by atoms with Crippen LogP contribution in [0.1, 0.15) is 11.1 Å². The predicted molar refractivity (Wildman–Crippen MR) is 186 cm³/mol. The first kappa shape index (κ1) is 24.6. The first-order valence-electron chi connectivity index (χ1n) is 15.5. The minimum atomic E-state index is 0.924. The number of fused-ring (bicyclic) bond motifs is 9. The Hall–Kier alpha value is -5.86. The number of furan rings is 2. The number of para-hydroxylation sites is 2. The summed E-state index contributed by atoms with van der Waals surface area (Å²) in [7, 11) is 0. The van der Waals surface area contributed by atoms with Gasteiger partial charge in [-0.2, -0.15) is 0 Å². The van der Waals surface area contributed by atoms with Crippen LogP contribution in [0.2, 0.25) is 0 Å². The van der Waals surface area contributed by atoms with E-state index in [1.54, 1.807) is 0 Å². The first-order valence-corrected chi connectivity index (χ1v) is 15.5. The summed E-state index contributed by atoms with van der Waals surface area (Å²) >= 11 is 0. The van der Waals surface area contributed by atoms with E-state index in [1.165, 1.54) is 61.0 Å². The normalized spacial score (nSPS) is 12.4. The van der Waals surface area contributed by atoms with Crippen LogP contribution in [0, 0.1) is 0 Å². The summed E-state index contributed by atoms with van der Waals surface area (Å²) in [4.78, 5) is 0. The van der Waals surface area contributed by atoms with Gasteiger partial charge in [-0.15, -0.1) is 0 Å². The van der Waals surface area contributed by atoms with E-state index in [0.29, 0.717) is 0 Å². The molecule has 0 unspecified atom stereocenters. The van der Waals surface area contributed by atoms with Crippen molar-refractivity contribution in [3.05, 3.63) is 157 Å². The third-order valence-electron chi connectivity index (χ3n) is 9.53. The highest BCUT2D eigenvalue weighted by Crippen LogP contribution is 2.43. The van der Waals surface area contributed by atoms with E-state index >= 15 is 0 Å². The van der Waals surface area contributed by atoms with Gasteiger partial charge in [-0.1, -0.05) is 103 Å². The highest BCUT2D eigenvalue weighted by atomic mass is 16.3. The standard InChI is InChI=1S/C43H26O2/c1-3-9-39-34(6-1)38-24-29(20-21-41(38)44-39)27-14-12-26(13-15-27)28-16-17-30-22-31-18-19-32(25-37(31)36(30)23-28)33-8-5-11-42-43(33)35-7-2-4-10-40(35)45-42/h1-21,23-25H,22H2. The predicted octanol–water partition coefficient (Wildman–Crippen LogP) is 12.1. The fourth-order valence-corrected chi connectivity index (χ4v) is 7.29. The summed E-state index contributed by atoms with van der Waals surface area (Å²) in [5.74, 6) is 0. The van der Waals surface area contributed by atoms with Crippen molar-refractivity contribution in [3.8, 4) is 44.5 Å². The van der Waals surface area contributed by atoms with E-state index < -0.39 is 0 Å². The lowest BCUT2D eigenvalue weighted by atomic mass is 9.94. The third-order valence-corrected chi connectivity index (χ3v) is 9.53. The van der Waals surface area contributed by atoms with E-state index in [-0.39, 0.29) is 0 Å². The smallest absolute Gasteiger partial charge is 0.136 e. The zero-order valence-corrected chi connectivity index (χ0v) is 24.4. The molecule has 0 radical (unpaired) electrons. The van der Waals surface area contributed by atoms with Crippen LogP contribution >= 0.6 is 0 Å². The Morgan fingerprint density at radius 1 is 0.333 bits per heavy atom. The monoisotopic (exact) mass is 574 g/mol. The van der Waals surface area contributed by atoms with Crippen molar-refractivity contribution in [1.29, 1.82) is 0 Å². The summed E-state index contributed by atoms with van der Waals surface area (Å²) in [5, 5.41) is 4.65. The maximum atomic E-state index is 6.19. The molecule has 2 heterocycles. The largest absolute Gasteiger partial charge is 0.456 e. The molecule has 1 aliphatic carbocycles. The van der Waals surface area contributed by atoms with Gasteiger partial charge in [0.05, 0.1) is 0 Å². The Labute approximate surface area is 259 Å².